The van der Waals surface area contributed by atoms with Gasteiger partial charge in [-0.15, -0.1) is 0 Å². The lowest BCUT2D eigenvalue weighted by Gasteiger charge is -2.22. The molecule has 1 heterocycles. The van der Waals surface area contributed by atoms with Crippen LogP contribution < -0.4 is 10.2 Å². The van der Waals surface area contributed by atoms with Gasteiger partial charge < -0.3 is 10.2 Å². The van der Waals surface area contributed by atoms with E-state index in [1.165, 1.54) is 5.56 Å². The van der Waals surface area contributed by atoms with E-state index >= 15 is 0 Å². The van der Waals surface area contributed by atoms with Crippen molar-refractivity contribution in [3.05, 3.63) is 53.6 Å². The Morgan fingerprint density at radius 1 is 1.00 bits per heavy atom. The van der Waals surface area contributed by atoms with Crippen molar-refractivity contribution >= 4 is 11.4 Å². The third kappa shape index (κ3) is 1.33. The number of anilines is 2. The fourth-order valence-electron chi connectivity index (χ4n) is 2.08. The van der Waals surface area contributed by atoms with E-state index in [-0.39, 0.29) is 0 Å². The Hall–Kier alpha value is -2.00. The highest BCUT2D eigenvalue weighted by Crippen LogP contribution is 2.37. The van der Waals surface area contributed by atoms with E-state index in [2.05, 4.69) is 16.3 Å². The number of benzene rings is 2. The van der Waals surface area contributed by atoms with Gasteiger partial charge in [-0.05, 0) is 23.8 Å². The predicted octanol–water partition coefficient (Wildman–Crippen LogP) is 3.19. The molecule has 0 fully saturated rings. The molecule has 3 rings (SSSR count). The highest BCUT2D eigenvalue weighted by atomic mass is 17.1. The summed E-state index contributed by atoms with van der Waals surface area (Å²) in [7, 11) is 0. The first-order valence-electron chi connectivity index (χ1n) is 5.17. The second kappa shape index (κ2) is 3.54. The van der Waals surface area contributed by atoms with Gasteiger partial charge >= 0.3 is 0 Å². The monoisotopic (exact) mass is 213 g/mol. The van der Waals surface area contributed by atoms with Gasteiger partial charge in [-0.1, -0.05) is 24.3 Å². The molecule has 2 aromatic rings. The van der Waals surface area contributed by atoms with Crippen LogP contribution in [0.3, 0.4) is 0 Å². The summed E-state index contributed by atoms with van der Waals surface area (Å²) in [4.78, 5) is 4.39. The molecular formula is C13H11NO2. The molecule has 1 aliphatic heterocycles. The summed E-state index contributed by atoms with van der Waals surface area (Å²) >= 11 is 0. The molecule has 0 saturated carbocycles. The maximum Gasteiger partial charge on any atom is 0.170 e. The molecule has 3 heteroatoms. The molecule has 2 aromatic carbocycles. The van der Waals surface area contributed by atoms with Crippen molar-refractivity contribution in [2.24, 2.45) is 0 Å². The van der Waals surface area contributed by atoms with Gasteiger partial charge in [0.05, 0.1) is 0 Å². The van der Waals surface area contributed by atoms with Crippen LogP contribution >= 0.6 is 0 Å². The van der Waals surface area contributed by atoms with Gasteiger partial charge in [-0.3, -0.25) is 0 Å². The van der Waals surface area contributed by atoms with E-state index in [9.17, 15) is 0 Å². The van der Waals surface area contributed by atoms with Crippen molar-refractivity contribution in [3.8, 4) is 5.75 Å². The summed E-state index contributed by atoms with van der Waals surface area (Å²) in [5.41, 5.74) is 4.30. The van der Waals surface area contributed by atoms with Crippen molar-refractivity contribution in [1.29, 1.82) is 0 Å². The van der Waals surface area contributed by atoms with E-state index in [0.717, 1.165) is 23.4 Å². The Labute approximate surface area is 93.2 Å². The predicted molar refractivity (Wildman–Crippen MR) is 62.2 cm³/mol. The van der Waals surface area contributed by atoms with Crippen LogP contribution in [0.1, 0.15) is 11.1 Å². The highest BCUT2D eigenvalue weighted by molar-refractivity contribution is 5.73. The van der Waals surface area contributed by atoms with Gasteiger partial charge in [0, 0.05) is 23.4 Å². The van der Waals surface area contributed by atoms with Crippen LogP contribution in [0.2, 0.25) is 0 Å². The Morgan fingerprint density at radius 2 is 1.81 bits per heavy atom. The maximum atomic E-state index is 8.81. The molecule has 16 heavy (non-hydrogen) atoms. The lowest BCUT2D eigenvalue weighted by molar-refractivity contribution is -0.138. The van der Waals surface area contributed by atoms with Gasteiger partial charge in [0.25, 0.3) is 0 Å². The normalized spacial score (nSPS) is 12.3. The molecule has 80 valence electrons. The summed E-state index contributed by atoms with van der Waals surface area (Å²) < 4.78 is 0. The summed E-state index contributed by atoms with van der Waals surface area (Å²) in [6.45, 7) is 0. The van der Waals surface area contributed by atoms with Crippen LogP contribution in [-0.2, 0) is 6.42 Å². The molecular weight excluding hydrogens is 202 g/mol. The van der Waals surface area contributed by atoms with Crippen molar-refractivity contribution in [3.63, 3.8) is 0 Å². The number of rotatable bonds is 1. The van der Waals surface area contributed by atoms with Gasteiger partial charge in [0.15, 0.2) is 5.75 Å². The fourth-order valence-corrected chi connectivity index (χ4v) is 2.08. The first-order chi connectivity index (χ1) is 7.88. The molecule has 0 radical (unpaired) electrons. The highest BCUT2D eigenvalue weighted by Gasteiger charge is 2.17. The molecule has 0 amide bonds. The molecule has 0 aliphatic carbocycles. The topological polar surface area (TPSA) is 41.5 Å². The Balaban J connectivity index is 2.12. The van der Waals surface area contributed by atoms with Crippen LogP contribution in [0.5, 0.6) is 5.75 Å². The van der Waals surface area contributed by atoms with Crippen LogP contribution in [0.4, 0.5) is 11.4 Å². The zero-order chi connectivity index (χ0) is 11.0. The first-order valence-corrected chi connectivity index (χ1v) is 5.17. The minimum absolute atomic E-state index is 0.513. The summed E-state index contributed by atoms with van der Waals surface area (Å²) in [6.07, 6.45) is 0.773. The molecule has 2 N–H and O–H groups in total. The standard InChI is InChI=1S/C13H11NO2/c15-16-13-7-3-6-12-10(13)8-9-4-1-2-5-11(9)14-12/h1-7,14-15H,8H2. The lowest BCUT2D eigenvalue weighted by atomic mass is 9.97. The quantitative estimate of drug-likeness (QED) is 0.482. The number of nitrogens with one attached hydrogen (secondary N) is 1. The Bertz CT molecular complexity index is 537. The Kier molecular flexibility index (Phi) is 2.04. The zero-order valence-electron chi connectivity index (χ0n) is 8.60. The van der Waals surface area contributed by atoms with Crippen molar-refractivity contribution in [2.75, 3.05) is 5.32 Å². The van der Waals surface area contributed by atoms with E-state index < -0.39 is 0 Å². The first kappa shape index (κ1) is 9.24. The van der Waals surface area contributed by atoms with E-state index in [1.54, 1.807) is 6.07 Å². The average molecular weight is 213 g/mol. The Morgan fingerprint density at radius 3 is 2.69 bits per heavy atom. The smallest absolute Gasteiger partial charge is 0.170 e. The average Bonchev–Trinajstić information content (AvgIpc) is 2.35. The number of hydrogen-bond donors (Lipinski definition) is 2. The van der Waals surface area contributed by atoms with Crippen LogP contribution in [-0.4, -0.2) is 5.26 Å². The lowest BCUT2D eigenvalue weighted by Crippen LogP contribution is -2.07. The SMILES string of the molecule is OOc1cccc2c1Cc1ccccc1N2. The van der Waals surface area contributed by atoms with Gasteiger partial charge in [-0.25, -0.2) is 5.26 Å². The molecule has 0 unspecified atom stereocenters. The molecule has 0 atom stereocenters. The summed E-state index contributed by atoms with van der Waals surface area (Å²) in [5.74, 6) is 0.513. The minimum atomic E-state index is 0.513. The van der Waals surface area contributed by atoms with Crippen molar-refractivity contribution in [2.45, 2.75) is 6.42 Å². The third-order valence-corrected chi connectivity index (χ3v) is 2.89. The van der Waals surface area contributed by atoms with Crippen LogP contribution in [0.15, 0.2) is 42.5 Å². The van der Waals surface area contributed by atoms with Crippen LogP contribution in [0, 0.1) is 0 Å². The molecule has 0 bridgehead atoms. The van der Waals surface area contributed by atoms with E-state index in [4.69, 9.17) is 5.26 Å². The maximum absolute atomic E-state index is 8.81. The minimum Gasteiger partial charge on any atom is -0.355 e. The fraction of sp³-hybridized carbons (Fsp3) is 0.0769. The largest absolute Gasteiger partial charge is 0.355 e. The molecule has 0 spiro atoms. The molecule has 3 nitrogen and oxygen atoms in total. The van der Waals surface area contributed by atoms with Crippen LogP contribution in [0.25, 0.3) is 0 Å². The number of hydrogen-bond acceptors (Lipinski definition) is 3. The molecule has 0 aromatic heterocycles. The van der Waals surface area contributed by atoms with Gasteiger partial charge in [-0.2, -0.15) is 0 Å². The molecule has 1 aliphatic rings. The number of fused-ring (bicyclic) bond motifs is 2. The zero-order valence-corrected chi connectivity index (χ0v) is 8.60. The number of para-hydroxylation sites is 1. The third-order valence-electron chi connectivity index (χ3n) is 2.89. The second-order valence-corrected chi connectivity index (χ2v) is 3.83. The van der Waals surface area contributed by atoms with Gasteiger partial charge in [0.2, 0.25) is 0 Å². The summed E-state index contributed by atoms with van der Waals surface area (Å²) in [5, 5.41) is 12.1. The second-order valence-electron chi connectivity index (χ2n) is 3.83. The van der Waals surface area contributed by atoms with Crippen molar-refractivity contribution in [1.82, 2.24) is 0 Å². The van der Waals surface area contributed by atoms with E-state index in [1.807, 2.05) is 30.3 Å². The molecule has 0 saturated heterocycles. The van der Waals surface area contributed by atoms with Gasteiger partial charge in [0.1, 0.15) is 0 Å². The van der Waals surface area contributed by atoms with Crippen molar-refractivity contribution < 1.29 is 10.1 Å². The van der Waals surface area contributed by atoms with E-state index in [0.29, 0.717) is 5.75 Å². The summed E-state index contributed by atoms with van der Waals surface area (Å²) in [6, 6.07) is 13.7.